The monoisotopic (exact) mass is 377 g/mol. The molecule has 0 N–H and O–H groups in total. The topological polar surface area (TPSA) is 80.1 Å². The normalized spacial score (nSPS) is 11.0. The number of nitro benzene ring substituents is 1. The van der Waals surface area contributed by atoms with E-state index in [-0.39, 0.29) is 23.8 Å². The largest absolute Gasteiger partial charge is 0.493 e. The van der Waals surface area contributed by atoms with Gasteiger partial charge in [-0.3, -0.25) is 10.1 Å². The number of nitrogens with zero attached hydrogens (tertiary/aromatic N) is 1. The van der Waals surface area contributed by atoms with Crippen LogP contribution >= 0.6 is 0 Å². The molecular weight excluding hydrogens is 354 g/mol. The molecule has 0 aliphatic rings. The Morgan fingerprint density at radius 3 is 2.35 bits per heavy atom. The third-order valence-corrected chi connectivity index (χ3v) is 5.78. The first-order valence-corrected chi connectivity index (χ1v) is 9.32. The minimum absolute atomic E-state index is 0.0313. The van der Waals surface area contributed by atoms with Crippen LogP contribution in [0.3, 0.4) is 0 Å². The van der Waals surface area contributed by atoms with E-state index in [0.29, 0.717) is 11.3 Å². The molecule has 8 heteroatoms. The van der Waals surface area contributed by atoms with E-state index in [1.165, 1.54) is 37.6 Å². The third-order valence-electron chi connectivity index (χ3n) is 4.30. The first-order valence-electron chi connectivity index (χ1n) is 8.03. The van der Waals surface area contributed by atoms with Crippen molar-refractivity contribution in [3.63, 3.8) is 0 Å². The zero-order valence-electron chi connectivity index (χ0n) is 15.6. The molecule has 7 nitrogen and oxygen atoms in total. The highest BCUT2D eigenvalue weighted by Crippen LogP contribution is 2.46. The summed E-state index contributed by atoms with van der Waals surface area (Å²) in [5.41, 5.74) is 2.64. The molecule has 0 aromatic heterocycles. The number of ether oxygens (including phenoxy) is 3. The quantitative estimate of drug-likeness (QED) is 0.398. The standard InChI is InChI=1S/C18H23NO6Si/c1-11-7-6-8-15(12(11)2)26-25-10-13-9-14(22-3)17(23-4)18(24-5)16(13)19(20)21/h6-9H,10,26H2,1-5H3. The van der Waals surface area contributed by atoms with Gasteiger partial charge in [-0.15, -0.1) is 0 Å². The summed E-state index contributed by atoms with van der Waals surface area (Å²) in [6, 6.07) is 7.66. The Hall–Kier alpha value is -2.58. The van der Waals surface area contributed by atoms with Gasteiger partial charge in [-0.05, 0) is 36.2 Å². The predicted octanol–water partition coefficient (Wildman–Crippen LogP) is 2.16. The van der Waals surface area contributed by atoms with Gasteiger partial charge in [0.15, 0.2) is 15.5 Å². The van der Waals surface area contributed by atoms with E-state index >= 15 is 0 Å². The summed E-state index contributed by atoms with van der Waals surface area (Å²) >= 11 is 0. The van der Waals surface area contributed by atoms with Crippen molar-refractivity contribution >= 4 is 20.6 Å². The van der Waals surface area contributed by atoms with Gasteiger partial charge in [0.1, 0.15) is 0 Å². The van der Waals surface area contributed by atoms with Gasteiger partial charge in [0.2, 0.25) is 11.5 Å². The molecule has 0 bridgehead atoms. The SMILES string of the molecule is COc1cc(CO[SiH2]c2cccc(C)c2C)c([N+](=O)[O-])c(OC)c1OC. The molecule has 2 rings (SSSR count). The van der Waals surface area contributed by atoms with Crippen LogP contribution in [0.1, 0.15) is 16.7 Å². The smallest absolute Gasteiger partial charge is 0.320 e. The number of nitro groups is 1. The highest BCUT2D eigenvalue weighted by atomic mass is 28.2. The predicted molar refractivity (Wildman–Crippen MR) is 102 cm³/mol. The summed E-state index contributed by atoms with van der Waals surface area (Å²) in [7, 11) is 3.21. The van der Waals surface area contributed by atoms with E-state index in [2.05, 4.69) is 19.9 Å². The van der Waals surface area contributed by atoms with Gasteiger partial charge >= 0.3 is 5.69 Å². The van der Waals surface area contributed by atoms with Crippen LogP contribution in [-0.4, -0.2) is 36.0 Å². The Morgan fingerprint density at radius 1 is 1.08 bits per heavy atom. The minimum Gasteiger partial charge on any atom is -0.493 e. The second-order valence-corrected chi connectivity index (χ2v) is 7.22. The maximum atomic E-state index is 11.6. The number of hydrogen-bond donors (Lipinski definition) is 0. The fourth-order valence-corrected chi connectivity index (χ4v) is 4.01. The van der Waals surface area contributed by atoms with Crippen LogP contribution in [0.15, 0.2) is 24.3 Å². The maximum Gasteiger partial charge on any atom is 0.320 e. The van der Waals surface area contributed by atoms with E-state index < -0.39 is 14.7 Å². The first kappa shape index (κ1) is 19.7. The molecular formula is C18H23NO6Si. The van der Waals surface area contributed by atoms with Crippen molar-refractivity contribution in [3.05, 3.63) is 51.1 Å². The van der Waals surface area contributed by atoms with Gasteiger partial charge in [0, 0.05) is 0 Å². The van der Waals surface area contributed by atoms with E-state index in [0.717, 1.165) is 0 Å². The Balaban J connectivity index is 2.33. The molecule has 0 aliphatic carbocycles. The Labute approximate surface area is 154 Å². The highest BCUT2D eigenvalue weighted by molar-refractivity contribution is 6.47. The lowest BCUT2D eigenvalue weighted by atomic mass is 10.1. The van der Waals surface area contributed by atoms with Gasteiger partial charge < -0.3 is 18.6 Å². The fraction of sp³-hybridized carbons (Fsp3) is 0.333. The molecule has 26 heavy (non-hydrogen) atoms. The number of rotatable bonds is 8. The van der Waals surface area contributed by atoms with Crippen molar-refractivity contribution in [3.8, 4) is 17.2 Å². The van der Waals surface area contributed by atoms with E-state index in [1.54, 1.807) is 6.07 Å². The fourth-order valence-electron chi connectivity index (χ4n) is 2.74. The molecule has 0 radical (unpaired) electrons. The average molecular weight is 377 g/mol. The summed E-state index contributed by atoms with van der Waals surface area (Å²) in [6.07, 6.45) is 0. The summed E-state index contributed by atoms with van der Waals surface area (Å²) in [5.74, 6) is 0.586. The number of benzene rings is 2. The van der Waals surface area contributed by atoms with Crippen molar-refractivity contribution in [1.82, 2.24) is 0 Å². The van der Waals surface area contributed by atoms with Crippen molar-refractivity contribution in [2.24, 2.45) is 0 Å². The zero-order valence-corrected chi connectivity index (χ0v) is 17.0. The van der Waals surface area contributed by atoms with Crippen LogP contribution in [0.5, 0.6) is 17.2 Å². The first-order chi connectivity index (χ1) is 12.4. The Morgan fingerprint density at radius 2 is 1.77 bits per heavy atom. The molecule has 0 atom stereocenters. The molecule has 140 valence electrons. The molecule has 0 amide bonds. The number of hydrogen-bond acceptors (Lipinski definition) is 6. The van der Waals surface area contributed by atoms with Crippen LogP contribution in [0.4, 0.5) is 5.69 Å². The van der Waals surface area contributed by atoms with Crippen LogP contribution in [-0.2, 0) is 11.0 Å². The third kappa shape index (κ3) is 3.97. The number of methoxy groups -OCH3 is 3. The Kier molecular flexibility index (Phi) is 6.59. The molecule has 0 unspecified atom stereocenters. The van der Waals surface area contributed by atoms with E-state index in [4.69, 9.17) is 18.6 Å². The van der Waals surface area contributed by atoms with Crippen LogP contribution in [0, 0.1) is 24.0 Å². The van der Waals surface area contributed by atoms with Gasteiger partial charge in [-0.25, -0.2) is 0 Å². The van der Waals surface area contributed by atoms with E-state index in [9.17, 15) is 10.1 Å². The molecule has 2 aromatic carbocycles. The lowest BCUT2D eigenvalue weighted by Crippen LogP contribution is -2.21. The molecule has 0 saturated heterocycles. The zero-order chi connectivity index (χ0) is 19.3. The average Bonchev–Trinajstić information content (AvgIpc) is 2.63. The minimum atomic E-state index is -1.03. The maximum absolute atomic E-state index is 11.6. The second kappa shape index (κ2) is 8.68. The summed E-state index contributed by atoms with van der Waals surface area (Å²) in [6.45, 7) is 4.22. The highest BCUT2D eigenvalue weighted by Gasteiger charge is 2.29. The van der Waals surface area contributed by atoms with Crippen LogP contribution in [0.2, 0.25) is 0 Å². The number of aryl methyl sites for hydroxylation is 1. The molecule has 2 aromatic rings. The lowest BCUT2D eigenvalue weighted by Gasteiger charge is -2.15. The van der Waals surface area contributed by atoms with Crippen LogP contribution < -0.4 is 19.4 Å². The molecule has 0 saturated carbocycles. The summed E-state index contributed by atoms with van der Waals surface area (Å²) < 4.78 is 21.6. The molecule has 0 spiro atoms. The van der Waals surface area contributed by atoms with Gasteiger partial charge in [-0.1, -0.05) is 18.2 Å². The van der Waals surface area contributed by atoms with Crippen molar-refractivity contribution in [2.75, 3.05) is 21.3 Å². The summed E-state index contributed by atoms with van der Waals surface area (Å²) in [4.78, 5) is 11.1. The van der Waals surface area contributed by atoms with Crippen LogP contribution in [0.25, 0.3) is 0 Å². The molecule has 0 heterocycles. The van der Waals surface area contributed by atoms with Gasteiger partial charge in [0.25, 0.3) is 0 Å². The van der Waals surface area contributed by atoms with Crippen molar-refractivity contribution in [2.45, 2.75) is 20.5 Å². The van der Waals surface area contributed by atoms with Gasteiger partial charge in [-0.2, -0.15) is 0 Å². The molecule has 0 aliphatic heterocycles. The van der Waals surface area contributed by atoms with Gasteiger partial charge in [0.05, 0.1) is 38.4 Å². The second-order valence-electron chi connectivity index (χ2n) is 5.76. The summed E-state index contributed by atoms with van der Waals surface area (Å²) in [5, 5.41) is 12.8. The van der Waals surface area contributed by atoms with E-state index in [1.807, 2.05) is 12.1 Å². The van der Waals surface area contributed by atoms with Crippen molar-refractivity contribution in [1.29, 1.82) is 0 Å². The lowest BCUT2D eigenvalue weighted by molar-refractivity contribution is -0.386. The Bertz CT molecular complexity index is 809. The van der Waals surface area contributed by atoms with Crippen molar-refractivity contribution < 1.29 is 23.6 Å². The molecule has 0 fully saturated rings.